The molecule has 0 unspecified atom stereocenters. The molecule has 10 heteroatoms. The van der Waals surface area contributed by atoms with E-state index in [1.165, 1.54) is 23.5 Å². The van der Waals surface area contributed by atoms with Crippen molar-refractivity contribution in [2.24, 2.45) is 0 Å². The lowest BCUT2D eigenvalue weighted by Crippen LogP contribution is -2.45. The third-order valence-corrected chi connectivity index (χ3v) is 8.11. The van der Waals surface area contributed by atoms with Crippen LogP contribution >= 0.6 is 33.9 Å². The molecule has 0 saturated heterocycles. The molecule has 1 atom stereocenters. The van der Waals surface area contributed by atoms with Crippen molar-refractivity contribution in [3.63, 3.8) is 0 Å². The number of anilines is 1. The zero-order valence-corrected chi connectivity index (χ0v) is 22.4. The maximum atomic E-state index is 13.2. The number of rotatable bonds is 9. The van der Waals surface area contributed by atoms with Gasteiger partial charge in [0.2, 0.25) is 15.9 Å². The lowest BCUT2D eigenvalue weighted by Gasteiger charge is -2.18. The van der Waals surface area contributed by atoms with Gasteiger partial charge in [0.1, 0.15) is 11.8 Å². The van der Waals surface area contributed by atoms with Crippen molar-refractivity contribution in [3.05, 3.63) is 93.4 Å². The molecule has 0 bridgehead atoms. The van der Waals surface area contributed by atoms with Gasteiger partial charge in [-0.25, -0.2) is 13.4 Å². The van der Waals surface area contributed by atoms with Crippen molar-refractivity contribution in [1.29, 1.82) is 0 Å². The van der Waals surface area contributed by atoms with Crippen LogP contribution in [0.15, 0.2) is 89.1 Å². The van der Waals surface area contributed by atoms with Crippen LogP contribution in [0, 0.1) is 3.57 Å². The molecular formula is C25H22IN3O4S2. The number of carbonyl (C=O) groups is 1. The summed E-state index contributed by atoms with van der Waals surface area (Å²) in [5.41, 5.74) is 2.41. The Hall–Kier alpha value is -2.80. The fraction of sp³-hybridized carbons (Fsp3) is 0.120. The van der Waals surface area contributed by atoms with Gasteiger partial charge >= 0.3 is 0 Å². The Morgan fingerprint density at radius 2 is 1.71 bits per heavy atom. The van der Waals surface area contributed by atoms with E-state index in [1.807, 2.05) is 60.0 Å². The average molecular weight is 620 g/mol. The SMILES string of the molecule is COc1ccc(-c2csc(NC(=O)[C@@H](Cc3ccccc3)NS(=O)(=O)c3ccc(I)cc3)n2)cc1. The number of ether oxygens (including phenoxy) is 1. The number of nitrogens with zero attached hydrogens (tertiary/aromatic N) is 1. The molecular weight excluding hydrogens is 597 g/mol. The van der Waals surface area contributed by atoms with Gasteiger partial charge in [-0.15, -0.1) is 11.3 Å². The molecule has 0 spiro atoms. The lowest BCUT2D eigenvalue weighted by molar-refractivity contribution is -0.117. The van der Waals surface area contributed by atoms with E-state index >= 15 is 0 Å². The summed E-state index contributed by atoms with van der Waals surface area (Å²) in [7, 11) is -2.32. The number of methoxy groups -OCH3 is 1. The highest BCUT2D eigenvalue weighted by atomic mass is 127. The minimum Gasteiger partial charge on any atom is -0.497 e. The second-order valence-corrected chi connectivity index (χ2v) is 11.4. The van der Waals surface area contributed by atoms with Gasteiger partial charge in [-0.3, -0.25) is 4.79 Å². The molecule has 1 heterocycles. The number of thiazole rings is 1. The Balaban J connectivity index is 1.54. The van der Waals surface area contributed by atoms with E-state index in [-0.39, 0.29) is 11.3 Å². The third kappa shape index (κ3) is 6.66. The van der Waals surface area contributed by atoms with Crippen molar-refractivity contribution in [3.8, 4) is 17.0 Å². The predicted octanol–water partition coefficient (Wildman–Crippen LogP) is 4.95. The Morgan fingerprint density at radius 3 is 2.37 bits per heavy atom. The summed E-state index contributed by atoms with van der Waals surface area (Å²) in [4.78, 5) is 17.8. The normalized spacial score (nSPS) is 12.2. The van der Waals surface area contributed by atoms with Gasteiger partial charge in [0, 0.05) is 14.5 Å². The van der Waals surface area contributed by atoms with Crippen molar-refractivity contribution in [2.45, 2.75) is 17.4 Å². The molecule has 3 aromatic carbocycles. The molecule has 0 aliphatic carbocycles. The first-order chi connectivity index (χ1) is 16.8. The van der Waals surface area contributed by atoms with E-state index in [0.29, 0.717) is 10.8 Å². The maximum Gasteiger partial charge on any atom is 0.244 e. The summed E-state index contributed by atoms with van der Waals surface area (Å²) in [6, 6.07) is 22.1. The number of nitrogens with one attached hydrogen (secondary N) is 2. The standard InChI is InChI=1S/C25H22IN3O4S2/c1-33-20-11-7-18(8-12-20)23-16-34-25(27-23)28-24(30)22(15-17-5-3-2-4-6-17)29-35(31,32)21-13-9-19(26)10-14-21/h2-14,16,22,29H,15H2,1H3,(H,27,28,30)/t22-/m1/s1. The highest BCUT2D eigenvalue weighted by Crippen LogP contribution is 2.26. The largest absolute Gasteiger partial charge is 0.497 e. The van der Waals surface area contributed by atoms with E-state index in [4.69, 9.17) is 4.74 Å². The van der Waals surface area contributed by atoms with Gasteiger partial charge < -0.3 is 10.1 Å². The van der Waals surface area contributed by atoms with Crippen LogP contribution < -0.4 is 14.8 Å². The summed E-state index contributed by atoms with van der Waals surface area (Å²) in [5, 5.41) is 4.99. The van der Waals surface area contributed by atoms with Crippen LogP contribution in [0.2, 0.25) is 0 Å². The fourth-order valence-corrected chi connectivity index (χ4v) is 5.60. The van der Waals surface area contributed by atoms with Crippen LogP contribution in [0.4, 0.5) is 5.13 Å². The van der Waals surface area contributed by atoms with Gasteiger partial charge in [-0.2, -0.15) is 4.72 Å². The van der Waals surface area contributed by atoms with Crippen molar-refractivity contribution in [2.75, 3.05) is 12.4 Å². The number of amides is 1. The average Bonchev–Trinajstić information content (AvgIpc) is 3.33. The van der Waals surface area contributed by atoms with Gasteiger partial charge in [0.25, 0.3) is 0 Å². The molecule has 4 rings (SSSR count). The summed E-state index contributed by atoms with van der Waals surface area (Å²) < 4.78 is 34.7. The minimum atomic E-state index is -3.92. The van der Waals surface area contributed by atoms with Gasteiger partial charge in [0.15, 0.2) is 5.13 Å². The van der Waals surface area contributed by atoms with Gasteiger partial charge in [-0.1, -0.05) is 30.3 Å². The van der Waals surface area contributed by atoms with E-state index in [1.54, 1.807) is 19.2 Å². The first-order valence-electron chi connectivity index (χ1n) is 10.6. The molecule has 0 saturated carbocycles. The quantitative estimate of drug-likeness (QED) is 0.259. The number of hydrogen-bond donors (Lipinski definition) is 2. The van der Waals surface area contributed by atoms with E-state index in [9.17, 15) is 13.2 Å². The maximum absolute atomic E-state index is 13.2. The number of sulfonamides is 1. The zero-order valence-electron chi connectivity index (χ0n) is 18.6. The summed E-state index contributed by atoms with van der Waals surface area (Å²) in [6.07, 6.45) is 0.187. The molecule has 180 valence electrons. The Labute approximate surface area is 221 Å². The van der Waals surface area contributed by atoms with Crippen molar-refractivity contribution in [1.82, 2.24) is 9.71 Å². The highest BCUT2D eigenvalue weighted by Gasteiger charge is 2.27. The van der Waals surface area contributed by atoms with Crippen LogP contribution in [0.1, 0.15) is 5.56 Å². The topological polar surface area (TPSA) is 97.4 Å². The molecule has 4 aromatic rings. The lowest BCUT2D eigenvalue weighted by atomic mass is 10.1. The molecule has 0 radical (unpaired) electrons. The first-order valence-corrected chi connectivity index (χ1v) is 14.0. The second kappa shape index (κ2) is 11.3. The second-order valence-electron chi connectivity index (χ2n) is 7.57. The fourth-order valence-electron chi connectivity index (χ4n) is 3.32. The summed E-state index contributed by atoms with van der Waals surface area (Å²) >= 11 is 3.38. The van der Waals surface area contributed by atoms with Gasteiger partial charge in [-0.05, 0) is 83.1 Å². The smallest absolute Gasteiger partial charge is 0.244 e. The molecule has 0 aliphatic rings. The van der Waals surface area contributed by atoms with Crippen molar-refractivity contribution < 1.29 is 17.9 Å². The number of aromatic nitrogens is 1. The van der Waals surface area contributed by atoms with E-state index in [0.717, 1.165) is 20.4 Å². The number of halogens is 1. The molecule has 7 nitrogen and oxygen atoms in total. The zero-order chi connectivity index (χ0) is 24.8. The minimum absolute atomic E-state index is 0.0971. The Bertz CT molecular complexity index is 1390. The predicted molar refractivity (Wildman–Crippen MR) is 146 cm³/mol. The number of benzene rings is 3. The third-order valence-electron chi connectivity index (χ3n) is 5.14. The monoisotopic (exact) mass is 619 g/mol. The number of hydrogen-bond acceptors (Lipinski definition) is 6. The van der Waals surface area contributed by atoms with Crippen LogP contribution in [0.25, 0.3) is 11.3 Å². The summed E-state index contributed by atoms with van der Waals surface area (Å²) in [5.74, 6) is 0.250. The van der Waals surface area contributed by atoms with Crippen LogP contribution in [-0.4, -0.2) is 32.5 Å². The Morgan fingerprint density at radius 1 is 1.03 bits per heavy atom. The van der Waals surface area contributed by atoms with Gasteiger partial charge in [0.05, 0.1) is 17.7 Å². The molecule has 1 aromatic heterocycles. The Kier molecular flexibility index (Phi) is 8.16. The molecule has 0 aliphatic heterocycles. The first kappa shape index (κ1) is 25.3. The van der Waals surface area contributed by atoms with Crippen LogP contribution in [-0.2, 0) is 21.2 Å². The molecule has 1 amide bonds. The molecule has 2 N–H and O–H groups in total. The summed E-state index contributed by atoms with van der Waals surface area (Å²) in [6.45, 7) is 0. The van der Waals surface area contributed by atoms with Crippen LogP contribution in [0.3, 0.4) is 0 Å². The molecule has 0 fully saturated rings. The molecule has 35 heavy (non-hydrogen) atoms. The number of carbonyl (C=O) groups excluding carboxylic acids is 1. The van der Waals surface area contributed by atoms with Crippen molar-refractivity contribution >= 4 is 55.0 Å². The van der Waals surface area contributed by atoms with E-state index < -0.39 is 22.0 Å². The van der Waals surface area contributed by atoms with E-state index in [2.05, 4.69) is 37.6 Å². The van der Waals surface area contributed by atoms with Crippen LogP contribution in [0.5, 0.6) is 5.75 Å². The highest BCUT2D eigenvalue weighted by molar-refractivity contribution is 14.1.